The van der Waals surface area contributed by atoms with Crippen LogP contribution in [0.3, 0.4) is 0 Å². The molecule has 1 aliphatic carbocycles. The minimum Gasteiger partial charge on any atom is -0.462 e. The van der Waals surface area contributed by atoms with Gasteiger partial charge in [-0.3, -0.25) is 9.59 Å². The number of aliphatic hydroxyl groups is 1. The lowest BCUT2D eigenvalue weighted by Crippen LogP contribution is -2.45. The highest BCUT2D eigenvalue weighted by atomic mass is 16.6. The molecule has 0 aromatic carbocycles. The largest absolute Gasteiger partial charge is 0.462 e. The molecule has 0 radical (unpaired) electrons. The number of esters is 2. The number of hydrogen-bond donors (Lipinski definition) is 3. The van der Waals surface area contributed by atoms with Crippen LogP contribution in [0.25, 0.3) is 5.52 Å². The Kier molecular flexibility index (Phi) is 7.92. The lowest BCUT2D eigenvalue weighted by molar-refractivity contribution is -0.162. The van der Waals surface area contributed by atoms with Crippen molar-refractivity contribution in [1.29, 1.82) is 5.26 Å². The zero-order chi connectivity index (χ0) is 27.7. The van der Waals surface area contributed by atoms with Crippen molar-refractivity contribution in [2.45, 2.75) is 89.3 Å². The Hall–Kier alpha value is -3.27. The normalized spacial score (nSPS) is 27.1. The van der Waals surface area contributed by atoms with Gasteiger partial charge >= 0.3 is 11.9 Å². The number of aliphatic hydroxyl groups excluding tert-OH is 1. The molecule has 2 aromatic rings. The van der Waals surface area contributed by atoms with E-state index in [9.17, 15) is 20.0 Å². The Morgan fingerprint density at radius 1 is 1.32 bits per heavy atom. The molecule has 12 heteroatoms. The van der Waals surface area contributed by atoms with Crippen LogP contribution in [-0.2, 0) is 29.4 Å². The number of nitrogens with two attached hydrogens (primary N) is 2. The minimum atomic E-state index is -1.99. The molecule has 38 heavy (non-hydrogen) atoms. The van der Waals surface area contributed by atoms with E-state index in [1.54, 1.807) is 26.8 Å². The van der Waals surface area contributed by atoms with Crippen LogP contribution in [0.4, 0.5) is 5.82 Å². The fourth-order valence-electron chi connectivity index (χ4n) is 5.11. The summed E-state index contributed by atoms with van der Waals surface area (Å²) in [6, 6.07) is 4.26. The van der Waals surface area contributed by atoms with Gasteiger partial charge in [-0.1, -0.05) is 40.0 Å². The smallest absolute Gasteiger partial charge is 0.323 e. The second-order valence-corrected chi connectivity index (χ2v) is 11.2. The van der Waals surface area contributed by atoms with Crippen molar-refractivity contribution >= 4 is 23.3 Å². The summed E-state index contributed by atoms with van der Waals surface area (Å²) < 4.78 is 18.6. The molecule has 0 bridgehead atoms. The van der Waals surface area contributed by atoms with Crippen LogP contribution in [0.1, 0.15) is 65.0 Å². The van der Waals surface area contributed by atoms with E-state index in [2.05, 4.69) is 10.1 Å². The number of anilines is 1. The van der Waals surface area contributed by atoms with Crippen molar-refractivity contribution < 1.29 is 28.9 Å². The molecule has 12 nitrogen and oxygen atoms in total. The number of carbonyl (C=O) groups excluding carboxylic acids is 2. The van der Waals surface area contributed by atoms with Gasteiger partial charge < -0.3 is 30.8 Å². The molecule has 3 heterocycles. The Morgan fingerprint density at radius 3 is 2.68 bits per heavy atom. The first-order valence-electron chi connectivity index (χ1n) is 13.0. The molecule has 5 atom stereocenters. The molecule has 5 N–H and O–H groups in total. The number of carbonyl (C=O) groups is 2. The average molecular weight is 529 g/mol. The van der Waals surface area contributed by atoms with Gasteiger partial charge in [-0.15, -0.1) is 0 Å². The van der Waals surface area contributed by atoms with E-state index in [0.29, 0.717) is 5.52 Å². The molecule has 1 saturated heterocycles. The number of ether oxygens (including phenoxy) is 3. The number of nitrogen functional groups attached to an aromatic ring is 1. The van der Waals surface area contributed by atoms with Crippen LogP contribution in [0.5, 0.6) is 0 Å². The summed E-state index contributed by atoms with van der Waals surface area (Å²) in [5.41, 5.74) is 10.0. The first-order chi connectivity index (χ1) is 18.0. The Bertz CT molecular complexity index is 1210. The van der Waals surface area contributed by atoms with E-state index in [1.165, 1.54) is 16.9 Å². The third-order valence-electron chi connectivity index (χ3n) is 7.48. The van der Waals surface area contributed by atoms with Crippen LogP contribution in [0.15, 0.2) is 18.5 Å². The van der Waals surface area contributed by atoms with Crippen LogP contribution in [-0.4, -0.2) is 62.6 Å². The SMILES string of the molecule is CC(C)(C)[C@H](N)C(=O)OC[C@H]1O[C@@](C#N)(c2ccc3c(N)ncnn23)[C@H](O)[C@@H]1OC(=O)CC1CCCCC1. The van der Waals surface area contributed by atoms with Gasteiger partial charge in [-0.05, 0) is 36.3 Å². The van der Waals surface area contributed by atoms with Crippen LogP contribution in [0.2, 0.25) is 0 Å². The summed E-state index contributed by atoms with van der Waals surface area (Å²) in [6.45, 7) is 5.02. The third-order valence-corrected chi connectivity index (χ3v) is 7.48. The first kappa shape index (κ1) is 27.8. The minimum absolute atomic E-state index is 0.170. The van der Waals surface area contributed by atoms with E-state index < -0.39 is 47.3 Å². The van der Waals surface area contributed by atoms with Crippen molar-refractivity contribution in [3.63, 3.8) is 0 Å². The highest BCUT2D eigenvalue weighted by Gasteiger charge is 2.60. The highest BCUT2D eigenvalue weighted by Crippen LogP contribution is 2.42. The Morgan fingerprint density at radius 2 is 2.03 bits per heavy atom. The van der Waals surface area contributed by atoms with Gasteiger partial charge in [0.15, 0.2) is 11.9 Å². The summed E-state index contributed by atoms with van der Waals surface area (Å²) in [5, 5.41) is 25.9. The van der Waals surface area contributed by atoms with Crippen molar-refractivity contribution in [2.24, 2.45) is 17.1 Å². The number of fused-ring (bicyclic) bond motifs is 1. The Labute approximate surface area is 221 Å². The maximum atomic E-state index is 12.9. The number of aromatic nitrogens is 3. The standard InChI is InChI=1S/C26H36N6O6/c1-25(2,3)21(28)24(35)36-12-17-20(37-19(33)11-15-7-5-4-6-8-15)22(34)26(13-27,38-17)18-10-9-16-23(29)30-14-31-32(16)18/h9-10,14-15,17,20-22,34H,4-8,11-12,28H2,1-3H3,(H2,29,30,31)/t17-,20-,21-,22-,26+/m1/s1. The first-order valence-corrected chi connectivity index (χ1v) is 13.0. The van der Waals surface area contributed by atoms with Gasteiger partial charge in [0.25, 0.3) is 0 Å². The predicted molar refractivity (Wildman–Crippen MR) is 135 cm³/mol. The second-order valence-electron chi connectivity index (χ2n) is 11.2. The topological polar surface area (TPSA) is 188 Å². The van der Waals surface area contributed by atoms with Crippen molar-refractivity contribution in [3.8, 4) is 6.07 Å². The van der Waals surface area contributed by atoms with E-state index in [4.69, 9.17) is 25.7 Å². The quantitative estimate of drug-likeness (QED) is 0.443. The molecule has 1 aliphatic heterocycles. The third kappa shape index (κ3) is 5.32. The molecular formula is C26H36N6O6. The fraction of sp³-hybridized carbons (Fsp3) is 0.654. The maximum absolute atomic E-state index is 12.9. The molecule has 1 saturated carbocycles. The summed E-state index contributed by atoms with van der Waals surface area (Å²) in [4.78, 5) is 29.5. The van der Waals surface area contributed by atoms with E-state index >= 15 is 0 Å². The average Bonchev–Trinajstić information content (AvgIpc) is 3.43. The van der Waals surface area contributed by atoms with Gasteiger partial charge in [0, 0.05) is 6.42 Å². The monoisotopic (exact) mass is 528 g/mol. The molecule has 2 aliphatic rings. The highest BCUT2D eigenvalue weighted by molar-refractivity contribution is 5.76. The molecule has 0 amide bonds. The van der Waals surface area contributed by atoms with Crippen LogP contribution < -0.4 is 11.5 Å². The summed E-state index contributed by atoms with van der Waals surface area (Å²) in [6.07, 6.45) is 2.51. The maximum Gasteiger partial charge on any atom is 0.323 e. The lowest BCUT2D eigenvalue weighted by Gasteiger charge is -2.26. The molecule has 0 spiro atoms. The summed E-state index contributed by atoms with van der Waals surface area (Å²) in [5.74, 6) is -0.811. The molecule has 2 aromatic heterocycles. The Balaban J connectivity index is 1.62. The fourth-order valence-corrected chi connectivity index (χ4v) is 5.11. The van der Waals surface area contributed by atoms with Gasteiger partial charge in [0.1, 0.15) is 42.8 Å². The predicted octanol–water partition coefficient (Wildman–Crippen LogP) is 1.59. The summed E-state index contributed by atoms with van der Waals surface area (Å²) in [7, 11) is 0. The molecule has 2 fully saturated rings. The van der Waals surface area contributed by atoms with Gasteiger partial charge in [0.2, 0.25) is 5.60 Å². The van der Waals surface area contributed by atoms with Crippen LogP contribution in [0, 0.1) is 22.7 Å². The molecule has 206 valence electrons. The second kappa shape index (κ2) is 10.8. The van der Waals surface area contributed by atoms with Gasteiger partial charge in [-0.2, -0.15) is 10.4 Å². The van der Waals surface area contributed by atoms with Gasteiger partial charge in [0.05, 0.1) is 5.69 Å². The molecule has 0 unspecified atom stereocenters. The van der Waals surface area contributed by atoms with Crippen molar-refractivity contribution in [1.82, 2.24) is 14.6 Å². The van der Waals surface area contributed by atoms with Crippen LogP contribution >= 0.6 is 0 Å². The van der Waals surface area contributed by atoms with Crippen molar-refractivity contribution in [2.75, 3.05) is 12.3 Å². The lowest BCUT2D eigenvalue weighted by atomic mass is 9.87. The van der Waals surface area contributed by atoms with Crippen molar-refractivity contribution in [3.05, 3.63) is 24.2 Å². The van der Waals surface area contributed by atoms with E-state index in [0.717, 1.165) is 32.1 Å². The zero-order valence-electron chi connectivity index (χ0n) is 22.0. The van der Waals surface area contributed by atoms with Gasteiger partial charge in [-0.25, -0.2) is 9.50 Å². The summed E-state index contributed by atoms with van der Waals surface area (Å²) >= 11 is 0. The molecule has 4 rings (SSSR count). The molecular weight excluding hydrogens is 492 g/mol. The zero-order valence-corrected chi connectivity index (χ0v) is 22.0. The number of rotatable bonds is 7. The number of hydrogen-bond acceptors (Lipinski definition) is 11. The number of nitriles is 1. The number of nitrogens with zero attached hydrogens (tertiary/aromatic N) is 4. The van der Waals surface area contributed by atoms with E-state index in [-0.39, 0.29) is 30.5 Å². The van der Waals surface area contributed by atoms with E-state index in [1.807, 2.05) is 6.07 Å².